The Kier molecular flexibility index (Phi) is 3.33. The zero-order valence-corrected chi connectivity index (χ0v) is 15.4. The van der Waals surface area contributed by atoms with Crippen LogP contribution in [0.3, 0.4) is 0 Å². The van der Waals surface area contributed by atoms with Gasteiger partial charge in [0.15, 0.2) is 0 Å². The van der Waals surface area contributed by atoms with Crippen LogP contribution in [0.1, 0.15) is 73.6 Å². The molecule has 0 aromatic rings. The van der Waals surface area contributed by atoms with E-state index in [0.29, 0.717) is 11.7 Å². The maximum atomic E-state index is 11.6. The minimum atomic E-state index is -0.352. The predicted octanol–water partition coefficient (Wildman–Crippen LogP) is 3.98. The molecule has 4 saturated carbocycles. The van der Waals surface area contributed by atoms with Crippen molar-refractivity contribution in [2.45, 2.75) is 73.6 Å². The van der Waals surface area contributed by atoms with Crippen molar-refractivity contribution in [3.63, 3.8) is 0 Å². The highest BCUT2D eigenvalue weighted by Gasteiger charge is 2.66. The Bertz CT molecular complexity index is 600. The maximum absolute atomic E-state index is 11.6. The second-order valence-corrected chi connectivity index (χ2v) is 9.76. The summed E-state index contributed by atoms with van der Waals surface area (Å²) in [5.74, 6) is 0.964. The lowest BCUT2D eigenvalue weighted by atomic mass is 9.70. The van der Waals surface area contributed by atoms with Crippen LogP contribution in [-0.2, 0) is 14.4 Å². The molecular formula is C20H30O3. The van der Waals surface area contributed by atoms with Gasteiger partial charge in [-0.3, -0.25) is 14.4 Å². The third kappa shape index (κ3) is 1.80. The molecule has 3 nitrogen and oxygen atoms in total. The summed E-state index contributed by atoms with van der Waals surface area (Å²) >= 11 is 0. The van der Waals surface area contributed by atoms with Gasteiger partial charge >= 0.3 is 0 Å². The van der Waals surface area contributed by atoms with Gasteiger partial charge in [0.25, 0.3) is 0 Å². The third-order valence-corrected chi connectivity index (χ3v) is 8.75. The van der Waals surface area contributed by atoms with Crippen LogP contribution in [-0.4, -0.2) is 17.3 Å². The van der Waals surface area contributed by atoms with Crippen LogP contribution in [0, 0.1) is 33.5 Å². The van der Waals surface area contributed by atoms with Gasteiger partial charge in [-0.2, -0.15) is 0 Å². The molecule has 4 bridgehead atoms. The molecule has 4 fully saturated rings. The number of rotatable bonds is 0. The molecule has 23 heavy (non-hydrogen) atoms. The minimum Gasteiger partial charge on any atom is -0.299 e. The molecule has 0 aromatic heterocycles. The second kappa shape index (κ2) is 4.55. The summed E-state index contributed by atoms with van der Waals surface area (Å²) in [6, 6.07) is 0. The molecule has 0 N–H and O–H groups in total. The zero-order chi connectivity index (χ0) is 17.4. The van der Waals surface area contributed by atoms with E-state index in [1.165, 1.54) is 6.42 Å². The monoisotopic (exact) mass is 318 g/mol. The lowest BCUT2D eigenvalue weighted by Gasteiger charge is -2.32. The first-order chi connectivity index (χ1) is 10.4. The van der Waals surface area contributed by atoms with Crippen LogP contribution in [0.5, 0.6) is 0 Å². The number of ketones is 3. The Hall–Kier alpha value is -0.990. The molecule has 4 aliphatic carbocycles. The van der Waals surface area contributed by atoms with E-state index >= 15 is 0 Å². The predicted molar refractivity (Wildman–Crippen MR) is 88.9 cm³/mol. The van der Waals surface area contributed by atoms with Gasteiger partial charge in [0, 0.05) is 23.2 Å². The molecule has 3 heteroatoms. The lowest BCUT2D eigenvalue weighted by molar-refractivity contribution is -0.141. The first-order valence-electron chi connectivity index (χ1n) is 9.01. The smallest absolute Gasteiger partial charge is 0.205 e. The number of fused-ring (bicyclic) bond motifs is 4. The summed E-state index contributed by atoms with van der Waals surface area (Å²) in [4.78, 5) is 34.6. The van der Waals surface area contributed by atoms with E-state index in [0.717, 1.165) is 25.7 Å². The van der Waals surface area contributed by atoms with Crippen molar-refractivity contribution in [2.24, 2.45) is 33.5 Å². The van der Waals surface area contributed by atoms with Gasteiger partial charge in [-0.15, -0.1) is 0 Å². The van der Waals surface area contributed by atoms with Crippen LogP contribution < -0.4 is 0 Å². The summed E-state index contributed by atoms with van der Waals surface area (Å²) in [6.45, 7) is 12.7. The first-order valence-corrected chi connectivity index (χ1v) is 9.01. The Morgan fingerprint density at radius 2 is 1.35 bits per heavy atom. The average molecular weight is 318 g/mol. The van der Waals surface area contributed by atoms with E-state index in [1.54, 1.807) is 0 Å². The Balaban J connectivity index is 0.000000136. The topological polar surface area (TPSA) is 51.2 Å². The third-order valence-electron chi connectivity index (χ3n) is 8.75. The van der Waals surface area contributed by atoms with Crippen molar-refractivity contribution in [3.8, 4) is 0 Å². The van der Waals surface area contributed by atoms with Gasteiger partial charge in [-0.1, -0.05) is 41.5 Å². The van der Waals surface area contributed by atoms with Crippen molar-refractivity contribution < 1.29 is 14.4 Å². The molecule has 0 radical (unpaired) electrons. The van der Waals surface area contributed by atoms with Crippen LogP contribution in [0.2, 0.25) is 0 Å². The van der Waals surface area contributed by atoms with Crippen molar-refractivity contribution in [2.75, 3.05) is 0 Å². The van der Waals surface area contributed by atoms with E-state index in [2.05, 4.69) is 20.8 Å². The highest BCUT2D eigenvalue weighted by atomic mass is 16.2. The fourth-order valence-electron chi connectivity index (χ4n) is 5.70. The van der Waals surface area contributed by atoms with Crippen molar-refractivity contribution in [1.29, 1.82) is 0 Å². The molecular weight excluding hydrogens is 288 g/mol. The van der Waals surface area contributed by atoms with Crippen LogP contribution in [0.15, 0.2) is 0 Å². The largest absolute Gasteiger partial charge is 0.299 e. The first kappa shape index (κ1) is 16.9. The normalized spacial score (nSPS) is 45.4. The highest BCUT2D eigenvalue weighted by Crippen LogP contribution is 2.63. The molecule has 0 saturated heterocycles. The average Bonchev–Trinajstić information content (AvgIpc) is 2.94. The fraction of sp³-hybridized carbons (Fsp3) is 0.850. The van der Waals surface area contributed by atoms with E-state index in [-0.39, 0.29) is 39.1 Å². The Morgan fingerprint density at radius 3 is 1.57 bits per heavy atom. The molecule has 0 amide bonds. The Labute approximate surface area is 139 Å². The molecule has 4 rings (SSSR count). The van der Waals surface area contributed by atoms with Gasteiger partial charge < -0.3 is 0 Å². The van der Waals surface area contributed by atoms with Crippen molar-refractivity contribution in [3.05, 3.63) is 0 Å². The molecule has 0 aliphatic heterocycles. The second-order valence-electron chi connectivity index (χ2n) is 9.76. The Morgan fingerprint density at radius 1 is 0.783 bits per heavy atom. The summed E-state index contributed by atoms with van der Waals surface area (Å²) in [5.41, 5.74) is -0.141. The highest BCUT2D eigenvalue weighted by molar-refractivity contribution is 6.43. The standard InChI is InChI=1S/C10H14O2.C10H16O/c1-9(2)6-4-5-10(9,3)8(12)7(6)11;1-9(2)7-4-5-10(9,3)8(11)6-7/h6H,4-5H2,1-3H3;7H,4-6H2,1-3H3. The number of carbonyl (C=O) groups excluding carboxylic acids is 3. The minimum absolute atomic E-state index is 0.00926. The molecule has 0 aromatic carbocycles. The fourth-order valence-corrected chi connectivity index (χ4v) is 5.70. The molecule has 4 unspecified atom stereocenters. The SMILES string of the molecule is CC12CCC(C(=O)C1=O)C2(C)C.CC12CCC(CC1=O)C2(C)C. The molecule has 0 spiro atoms. The quantitative estimate of drug-likeness (QED) is 0.635. The van der Waals surface area contributed by atoms with Gasteiger partial charge in [-0.25, -0.2) is 0 Å². The van der Waals surface area contributed by atoms with E-state index in [4.69, 9.17) is 0 Å². The molecule has 128 valence electrons. The van der Waals surface area contributed by atoms with Gasteiger partial charge in [0.05, 0.1) is 0 Å². The number of Topliss-reactive ketones (excluding diaryl/α,β-unsaturated/α-hetero) is 3. The van der Waals surface area contributed by atoms with E-state index in [9.17, 15) is 14.4 Å². The van der Waals surface area contributed by atoms with Crippen LogP contribution in [0.25, 0.3) is 0 Å². The summed E-state index contributed by atoms with van der Waals surface area (Å²) in [6.07, 6.45) is 5.06. The van der Waals surface area contributed by atoms with E-state index in [1.807, 2.05) is 20.8 Å². The number of hydrogen-bond donors (Lipinski definition) is 0. The van der Waals surface area contributed by atoms with Crippen LogP contribution in [0.4, 0.5) is 0 Å². The van der Waals surface area contributed by atoms with Crippen LogP contribution >= 0.6 is 0 Å². The van der Waals surface area contributed by atoms with Crippen molar-refractivity contribution in [1.82, 2.24) is 0 Å². The molecule has 4 atom stereocenters. The van der Waals surface area contributed by atoms with Gasteiger partial charge in [0.1, 0.15) is 5.78 Å². The summed E-state index contributed by atoms with van der Waals surface area (Å²) < 4.78 is 0. The van der Waals surface area contributed by atoms with Crippen molar-refractivity contribution >= 4 is 17.3 Å². The number of carbonyl (C=O) groups is 3. The molecule has 0 heterocycles. The number of hydrogen-bond acceptors (Lipinski definition) is 3. The van der Waals surface area contributed by atoms with Gasteiger partial charge in [-0.05, 0) is 42.4 Å². The lowest BCUT2D eigenvalue weighted by Crippen LogP contribution is -2.33. The molecule has 4 aliphatic rings. The van der Waals surface area contributed by atoms with E-state index < -0.39 is 0 Å². The zero-order valence-electron chi connectivity index (χ0n) is 15.4. The maximum Gasteiger partial charge on any atom is 0.205 e. The summed E-state index contributed by atoms with van der Waals surface area (Å²) in [7, 11) is 0. The summed E-state index contributed by atoms with van der Waals surface area (Å²) in [5, 5.41) is 0. The van der Waals surface area contributed by atoms with Gasteiger partial charge in [0.2, 0.25) is 11.6 Å².